The van der Waals surface area contributed by atoms with E-state index in [2.05, 4.69) is 50.3 Å². The Hall–Kier alpha value is -1.04. The average Bonchev–Trinajstić information content (AvgIpc) is 2.25. The van der Waals surface area contributed by atoms with Crippen LogP contribution in [0.15, 0.2) is 30.3 Å². The monoisotopic (exact) mass is 202 g/mol. The van der Waals surface area contributed by atoms with Gasteiger partial charge in [0, 0.05) is 0 Å². The summed E-state index contributed by atoms with van der Waals surface area (Å²) < 4.78 is 0. The fourth-order valence-electron chi connectivity index (χ4n) is 1.67. The number of hydrogen-bond donors (Lipinski definition) is 0. The van der Waals surface area contributed by atoms with Crippen molar-refractivity contribution in [2.75, 3.05) is 0 Å². The maximum absolute atomic E-state index is 2.30. The molecule has 1 aromatic rings. The molecule has 0 radical (unpaired) electrons. The summed E-state index contributed by atoms with van der Waals surface area (Å²) in [5.74, 6) is 0. The molecule has 0 heteroatoms. The molecule has 0 amide bonds. The molecule has 0 aromatic heterocycles. The predicted molar refractivity (Wildman–Crippen MR) is 69.0 cm³/mol. The van der Waals surface area contributed by atoms with Crippen molar-refractivity contribution in [1.82, 2.24) is 0 Å². The summed E-state index contributed by atoms with van der Waals surface area (Å²) in [6, 6.07) is 8.53. The van der Waals surface area contributed by atoms with E-state index in [4.69, 9.17) is 0 Å². The molecule has 0 aliphatic carbocycles. The molecular formula is C15H22. The van der Waals surface area contributed by atoms with Crippen LogP contribution in [0.3, 0.4) is 0 Å². The zero-order chi connectivity index (χ0) is 10.9. The normalized spacial score (nSPS) is 11.1. The second kappa shape index (κ2) is 7.28. The fourth-order valence-corrected chi connectivity index (χ4v) is 1.67. The molecule has 0 atom stereocenters. The van der Waals surface area contributed by atoms with Crippen LogP contribution in [0, 0.1) is 6.92 Å². The molecule has 1 aromatic carbocycles. The van der Waals surface area contributed by atoms with Crippen molar-refractivity contribution < 1.29 is 0 Å². The molecule has 0 nitrogen and oxygen atoms in total. The van der Waals surface area contributed by atoms with E-state index in [9.17, 15) is 0 Å². The van der Waals surface area contributed by atoms with Gasteiger partial charge in [-0.15, -0.1) is 0 Å². The second-order valence-electron chi connectivity index (χ2n) is 4.11. The van der Waals surface area contributed by atoms with E-state index in [0.717, 1.165) is 0 Å². The second-order valence-corrected chi connectivity index (χ2v) is 4.11. The van der Waals surface area contributed by atoms with Gasteiger partial charge in [0.15, 0.2) is 0 Å². The molecule has 0 unspecified atom stereocenters. The quantitative estimate of drug-likeness (QED) is 0.571. The Labute approximate surface area is 94.0 Å². The first kappa shape index (κ1) is 12.0. The average molecular weight is 202 g/mol. The molecule has 15 heavy (non-hydrogen) atoms. The number of unbranched alkanes of at least 4 members (excludes halogenated alkanes) is 4. The van der Waals surface area contributed by atoms with Gasteiger partial charge >= 0.3 is 0 Å². The summed E-state index contributed by atoms with van der Waals surface area (Å²) in [6.07, 6.45) is 11.2. The minimum atomic E-state index is 1.22. The lowest BCUT2D eigenvalue weighted by atomic mass is 10.1. The third-order valence-electron chi connectivity index (χ3n) is 2.71. The first-order valence-electron chi connectivity index (χ1n) is 6.06. The number of hydrogen-bond acceptors (Lipinski definition) is 0. The molecule has 0 N–H and O–H groups in total. The van der Waals surface area contributed by atoms with E-state index in [-0.39, 0.29) is 0 Å². The topological polar surface area (TPSA) is 0 Å². The molecule has 0 saturated carbocycles. The minimum absolute atomic E-state index is 1.22. The molecule has 1 rings (SSSR count). The summed E-state index contributed by atoms with van der Waals surface area (Å²) in [4.78, 5) is 0. The standard InChI is InChI=1S/C15H22/c1-3-4-5-6-7-8-12-15-13-10-9-11-14(15)2/h8-13H,3-7H2,1-2H3/b12-8+. The Bertz CT molecular complexity index is 297. The lowest BCUT2D eigenvalue weighted by Crippen LogP contribution is -1.78. The molecule has 0 fully saturated rings. The van der Waals surface area contributed by atoms with Crippen LogP contribution in [0.5, 0.6) is 0 Å². The SMILES string of the molecule is CCCCCC/C=C/c1ccccc1C. The van der Waals surface area contributed by atoms with Crippen molar-refractivity contribution in [1.29, 1.82) is 0 Å². The van der Waals surface area contributed by atoms with Crippen molar-refractivity contribution in [2.24, 2.45) is 0 Å². The lowest BCUT2D eigenvalue weighted by Gasteiger charge is -1.98. The molecule has 0 spiro atoms. The highest BCUT2D eigenvalue weighted by atomic mass is 14.0. The zero-order valence-electron chi connectivity index (χ0n) is 10.00. The van der Waals surface area contributed by atoms with E-state index in [1.54, 1.807) is 0 Å². The minimum Gasteiger partial charge on any atom is -0.0839 e. The Morgan fingerprint density at radius 2 is 1.87 bits per heavy atom. The third kappa shape index (κ3) is 4.83. The predicted octanol–water partition coefficient (Wildman–Crippen LogP) is 4.98. The highest BCUT2D eigenvalue weighted by Gasteiger charge is 1.90. The first-order chi connectivity index (χ1) is 7.34. The Morgan fingerprint density at radius 3 is 2.60 bits per heavy atom. The van der Waals surface area contributed by atoms with E-state index >= 15 is 0 Å². The van der Waals surface area contributed by atoms with Gasteiger partial charge in [0.25, 0.3) is 0 Å². The van der Waals surface area contributed by atoms with Crippen molar-refractivity contribution in [3.05, 3.63) is 41.5 Å². The van der Waals surface area contributed by atoms with Crippen molar-refractivity contribution in [2.45, 2.75) is 46.0 Å². The van der Waals surface area contributed by atoms with Gasteiger partial charge in [-0.05, 0) is 30.9 Å². The largest absolute Gasteiger partial charge is 0.0839 e. The van der Waals surface area contributed by atoms with E-state index < -0.39 is 0 Å². The van der Waals surface area contributed by atoms with Gasteiger partial charge in [-0.25, -0.2) is 0 Å². The van der Waals surface area contributed by atoms with Crippen LogP contribution in [0.2, 0.25) is 0 Å². The van der Waals surface area contributed by atoms with Crippen LogP contribution < -0.4 is 0 Å². The molecule has 0 bridgehead atoms. The number of benzene rings is 1. The highest BCUT2D eigenvalue weighted by molar-refractivity contribution is 5.53. The van der Waals surface area contributed by atoms with Crippen molar-refractivity contribution in [3.8, 4) is 0 Å². The van der Waals surface area contributed by atoms with Gasteiger partial charge in [0.05, 0.1) is 0 Å². The summed E-state index contributed by atoms with van der Waals surface area (Å²) in [7, 11) is 0. The van der Waals surface area contributed by atoms with Gasteiger partial charge in [0.1, 0.15) is 0 Å². The van der Waals surface area contributed by atoms with Crippen LogP contribution in [-0.4, -0.2) is 0 Å². The van der Waals surface area contributed by atoms with Gasteiger partial charge in [0.2, 0.25) is 0 Å². The smallest absolute Gasteiger partial charge is 0.0231 e. The van der Waals surface area contributed by atoms with Crippen molar-refractivity contribution >= 4 is 6.08 Å². The van der Waals surface area contributed by atoms with Gasteiger partial charge in [-0.3, -0.25) is 0 Å². The van der Waals surface area contributed by atoms with Crippen LogP contribution >= 0.6 is 0 Å². The maximum atomic E-state index is 2.30. The number of aryl methyl sites for hydroxylation is 1. The molecule has 0 heterocycles. The first-order valence-corrected chi connectivity index (χ1v) is 6.06. The van der Waals surface area contributed by atoms with Crippen LogP contribution in [0.1, 0.15) is 50.2 Å². The van der Waals surface area contributed by atoms with E-state index in [0.29, 0.717) is 0 Å². The van der Waals surface area contributed by atoms with E-state index in [1.165, 1.54) is 43.2 Å². The lowest BCUT2D eigenvalue weighted by molar-refractivity contribution is 0.675. The van der Waals surface area contributed by atoms with E-state index in [1.807, 2.05) is 0 Å². The highest BCUT2D eigenvalue weighted by Crippen LogP contribution is 2.10. The summed E-state index contributed by atoms with van der Waals surface area (Å²) in [5.41, 5.74) is 2.72. The van der Waals surface area contributed by atoms with Crippen LogP contribution in [-0.2, 0) is 0 Å². The molecule has 0 aliphatic heterocycles. The Balaban J connectivity index is 2.29. The fraction of sp³-hybridized carbons (Fsp3) is 0.467. The number of rotatable bonds is 6. The number of allylic oxidation sites excluding steroid dienone is 1. The Kier molecular flexibility index (Phi) is 5.84. The summed E-state index contributed by atoms with van der Waals surface area (Å²) in [6.45, 7) is 4.42. The molecule has 0 saturated heterocycles. The summed E-state index contributed by atoms with van der Waals surface area (Å²) >= 11 is 0. The van der Waals surface area contributed by atoms with Crippen LogP contribution in [0.25, 0.3) is 6.08 Å². The third-order valence-corrected chi connectivity index (χ3v) is 2.71. The molecule has 0 aliphatic rings. The Morgan fingerprint density at radius 1 is 1.07 bits per heavy atom. The maximum Gasteiger partial charge on any atom is -0.0231 e. The van der Waals surface area contributed by atoms with Crippen molar-refractivity contribution in [3.63, 3.8) is 0 Å². The zero-order valence-corrected chi connectivity index (χ0v) is 10.00. The van der Waals surface area contributed by atoms with Gasteiger partial charge < -0.3 is 0 Å². The molecular weight excluding hydrogens is 180 g/mol. The summed E-state index contributed by atoms with van der Waals surface area (Å²) in [5, 5.41) is 0. The molecule has 82 valence electrons. The van der Waals surface area contributed by atoms with Crippen LogP contribution in [0.4, 0.5) is 0 Å². The van der Waals surface area contributed by atoms with Gasteiger partial charge in [-0.1, -0.05) is 62.6 Å². The van der Waals surface area contributed by atoms with Gasteiger partial charge in [-0.2, -0.15) is 0 Å².